The standard InChI is InChI=1S/C14H23N3/c1-11(2)16-9-6-12(7-10-16)14-5-8-15-17(14)13-3-4-13/h5,8,11-13H,3-4,6-7,9-10H2,1-2H3. The molecule has 0 bridgehead atoms. The Bertz CT molecular complexity index is 371. The number of aromatic nitrogens is 2. The highest BCUT2D eigenvalue weighted by Crippen LogP contribution is 2.38. The average Bonchev–Trinajstić information content (AvgIpc) is 3.07. The van der Waals surface area contributed by atoms with Crippen LogP contribution in [-0.4, -0.2) is 33.8 Å². The highest BCUT2D eigenvalue weighted by molar-refractivity contribution is 5.11. The third-order valence-corrected chi connectivity index (χ3v) is 4.27. The fourth-order valence-electron chi connectivity index (χ4n) is 2.98. The van der Waals surface area contributed by atoms with Crippen molar-refractivity contribution >= 4 is 0 Å². The topological polar surface area (TPSA) is 21.1 Å². The molecule has 3 heteroatoms. The van der Waals surface area contributed by atoms with E-state index < -0.39 is 0 Å². The molecule has 1 aromatic heterocycles. The van der Waals surface area contributed by atoms with E-state index in [2.05, 4.69) is 34.6 Å². The summed E-state index contributed by atoms with van der Waals surface area (Å²) in [6.07, 6.45) is 7.26. The predicted molar refractivity (Wildman–Crippen MR) is 69.2 cm³/mol. The summed E-state index contributed by atoms with van der Waals surface area (Å²) in [5.74, 6) is 0.744. The molecular weight excluding hydrogens is 210 g/mol. The normalized spacial score (nSPS) is 23.5. The van der Waals surface area contributed by atoms with E-state index in [-0.39, 0.29) is 0 Å². The highest BCUT2D eigenvalue weighted by Gasteiger charge is 2.30. The molecule has 1 aromatic rings. The van der Waals surface area contributed by atoms with Crippen molar-refractivity contribution in [2.45, 2.75) is 57.5 Å². The number of hydrogen-bond acceptors (Lipinski definition) is 2. The van der Waals surface area contributed by atoms with Gasteiger partial charge in [-0.15, -0.1) is 0 Å². The first-order chi connectivity index (χ1) is 8.25. The van der Waals surface area contributed by atoms with Crippen LogP contribution in [0.1, 0.15) is 57.2 Å². The second kappa shape index (κ2) is 4.45. The molecule has 3 nitrogen and oxygen atoms in total. The number of hydrogen-bond donors (Lipinski definition) is 0. The first-order valence-electron chi connectivity index (χ1n) is 7.03. The molecule has 0 atom stereocenters. The maximum Gasteiger partial charge on any atom is 0.0524 e. The second-order valence-electron chi connectivity index (χ2n) is 5.84. The van der Waals surface area contributed by atoms with Crippen molar-refractivity contribution in [2.75, 3.05) is 13.1 Å². The molecule has 94 valence electrons. The van der Waals surface area contributed by atoms with Crippen molar-refractivity contribution in [2.24, 2.45) is 0 Å². The van der Waals surface area contributed by atoms with Crippen molar-refractivity contribution in [1.82, 2.24) is 14.7 Å². The number of nitrogens with zero attached hydrogens (tertiary/aromatic N) is 3. The quantitative estimate of drug-likeness (QED) is 0.800. The largest absolute Gasteiger partial charge is 0.301 e. The molecule has 2 aliphatic rings. The van der Waals surface area contributed by atoms with E-state index in [1.165, 1.54) is 44.5 Å². The van der Waals surface area contributed by atoms with Gasteiger partial charge in [0.25, 0.3) is 0 Å². The molecule has 1 saturated carbocycles. The molecular formula is C14H23N3. The summed E-state index contributed by atoms with van der Waals surface area (Å²) >= 11 is 0. The Hall–Kier alpha value is -0.830. The zero-order valence-electron chi connectivity index (χ0n) is 11.0. The average molecular weight is 233 g/mol. The van der Waals surface area contributed by atoms with Gasteiger partial charge in [0, 0.05) is 23.9 Å². The van der Waals surface area contributed by atoms with Crippen LogP contribution in [0.2, 0.25) is 0 Å². The van der Waals surface area contributed by atoms with Crippen molar-refractivity contribution in [3.8, 4) is 0 Å². The molecule has 3 rings (SSSR count). The number of likely N-dealkylation sites (tertiary alicyclic amines) is 1. The smallest absolute Gasteiger partial charge is 0.0524 e. The zero-order chi connectivity index (χ0) is 11.8. The zero-order valence-corrected chi connectivity index (χ0v) is 11.0. The van der Waals surface area contributed by atoms with E-state index in [4.69, 9.17) is 0 Å². The van der Waals surface area contributed by atoms with Gasteiger partial charge in [-0.3, -0.25) is 4.68 Å². The predicted octanol–water partition coefficient (Wildman–Crippen LogP) is 2.81. The van der Waals surface area contributed by atoms with Crippen LogP contribution in [0.15, 0.2) is 12.3 Å². The van der Waals surface area contributed by atoms with Gasteiger partial charge in [-0.05, 0) is 58.7 Å². The molecule has 0 spiro atoms. The Labute approximate surface area is 104 Å². The Morgan fingerprint density at radius 2 is 1.88 bits per heavy atom. The van der Waals surface area contributed by atoms with Gasteiger partial charge in [0.2, 0.25) is 0 Å². The minimum absolute atomic E-state index is 0.698. The summed E-state index contributed by atoms with van der Waals surface area (Å²) in [5.41, 5.74) is 1.50. The van der Waals surface area contributed by atoms with Gasteiger partial charge in [0.05, 0.1) is 6.04 Å². The lowest BCUT2D eigenvalue weighted by molar-refractivity contribution is 0.169. The lowest BCUT2D eigenvalue weighted by atomic mass is 9.93. The van der Waals surface area contributed by atoms with Crippen LogP contribution in [0.5, 0.6) is 0 Å². The summed E-state index contributed by atoms with van der Waals surface area (Å²) in [6.45, 7) is 7.10. The van der Waals surface area contributed by atoms with Crippen LogP contribution in [-0.2, 0) is 0 Å². The van der Waals surface area contributed by atoms with Gasteiger partial charge < -0.3 is 4.90 Å². The van der Waals surface area contributed by atoms with E-state index >= 15 is 0 Å². The molecule has 1 aliphatic heterocycles. The maximum absolute atomic E-state index is 4.51. The lowest BCUT2D eigenvalue weighted by Gasteiger charge is -2.34. The van der Waals surface area contributed by atoms with Gasteiger partial charge in [-0.25, -0.2) is 0 Å². The summed E-state index contributed by atoms with van der Waals surface area (Å²) in [7, 11) is 0. The SMILES string of the molecule is CC(C)N1CCC(c2ccnn2C2CC2)CC1. The lowest BCUT2D eigenvalue weighted by Crippen LogP contribution is -2.38. The molecule has 0 aromatic carbocycles. The molecule has 0 N–H and O–H groups in total. The van der Waals surface area contributed by atoms with E-state index in [1.807, 2.05) is 6.20 Å². The third kappa shape index (κ3) is 2.25. The van der Waals surface area contributed by atoms with Crippen LogP contribution in [0, 0.1) is 0 Å². The highest BCUT2D eigenvalue weighted by atomic mass is 15.3. The first-order valence-corrected chi connectivity index (χ1v) is 7.03. The first kappa shape index (κ1) is 11.3. The van der Waals surface area contributed by atoms with Crippen molar-refractivity contribution in [1.29, 1.82) is 0 Å². The van der Waals surface area contributed by atoms with Crippen LogP contribution in [0.4, 0.5) is 0 Å². The Kier molecular flexibility index (Phi) is 2.95. The fraction of sp³-hybridized carbons (Fsp3) is 0.786. The molecule has 2 heterocycles. The third-order valence-electron chi connectivity index (χ3n) is 4.27. The molecule has 1 aliphatic carbocycles. The summed E-state index contributed by atoms with van der Waals surface area (Å²) in [4.78, 5) is 2.59. The molecule has 0 radical (unpaired) electrons. The Balaban J connectivity index is 1.67. The minimum Gasteiger partial charge on any atom is -0.301 e. The van der Waals surface area contributed by atoms with Crippen molar-refractivity contribution < 1.29 is 0 Å². The minimum atomic E-state index is 0.698. The van der Waals surface area contributed by atoms with E-state index in [9.17, 15) is 0 Å². The molecule has 1 saturated heterocycles. The van der Waals surface area contributed by atoms with E-state index in [0.717, 1.165) is 12.0 Å². The van der Waals surface area contributed by atoms with Crippen LogP contribution in [0.3, 0.4) is 0 Å². The molecule has 2 fully saturated rings. The molecule has 17 heavy (non-hydrogen) atoms. The fourth-order valence-corrected chi connectivity index (χ4v) is 2.98. The summed E-state index contributed by atoms with van der Waals surface area (Å²) < 4.78 is 2.30. The van der Waals surface area contributed by atoms with Crippen LogP contribution < -0.4 is 0 Å². The van der Waals surface area contributed by atoms with Gasteiger partial charge in [-0.1, -0.05) is 0 Å². The summed E-state index contributed by atoms with van der Waals surface area (Å²) in [5, 5.41) is 4.51. The van der Waals surface area contributed by atoms with Crippen LogP contribution >= 0.6 is 0 Å². The second-order valence-corrected chi connectivity index (χ2v) is 5.84. The Morgan fingerprint density at radius 1 is 1.18 bits per heavy atom. The van der Waals surface area contributed by atoms with Gasteiger partial charge in [0.15, 0.2) is 0 Å². The summed E-state index contributed by atoms with van der Waals surface area (Å²) in [6, 6.07) is 3.67. The van der Waals surface area contributed by atoms with Gasteiger partial charge in [-0.2, -0.15) is 5.10 Å². The van der Waals surface area contributed by atoms with Crippen LogP contribution in [0.25, 0.3) is 0 Å². The number of piperidine rings is 1. The molecule has 0 unspecified atom stereocenters. The number of rotatable bonds is 3. The van der Waals surface area contributed by atoms with Gasteiger partial charge in [0.1, 0.15) is 0 Å². The van der Waals surface area contributed by atoms with Crippen molar-refractivity contribution in [3.05, 3.63) is 18.0 Å². The molecule has 0 amide bonds. The van der Waals surface area contributed by atoms with Gasteiger partial charge >= 0.3 is 0 Å². The monoisotopic (exact) mass is 233 g/mol. The van der Waals surface area contributed by atoms with E-state index in [1.54, 1.807) is 0 Å². The van der Waals surface area contributed by atoms with Crippen molar-refractivity contribution in [3.63, 3.8) is 0 Å². The van der Waals surface area contributed by atoms with E-state index in [0.29, 0.717) is 6.04 Å². The Morgan fingerprint density at radius 3 is 2.47 bits per heavy atom. The maximum atomic E-state index is 4.51.